The molecule has 1 heteroatoms. The number of hydrogen-bond acceptors (Lipinski definition) is 1. The van der Waals surface area contributed by atoms with Crippen LogP contribution >= 0.6 is 0 Å². The van der Waals surface area contributed by atoms with E-state index in [1.165, 1.54) is 0 Å². The fourth-order valence-electron chi connectivity index (χ4n) is 0.864. The van der Waals surface area contributed by atoms with Gasteiger partial charge in [0.25, 0.3) is 0 Å². The number of nitrogens with zero attached hydrogens (tertiary/aromatic N) is 1. The summed E-state index contributed by atoms with van der Waals surface area (Å²) < 4.78 is 0. The van der Waals surface area contributed by atoms with Crippen molar-refractivity contribution in [3.8, 4) is 6.07 Å². The van der Waals surface area contributed by atoms with E-state index in [1.807, 2.05) is 6.92 Å². The third-order valence-corrected chi connectivity index (χ3v) is 1.85. The molecule has 0 N–H and O–H groups in total. The van der Waals surface area contributed by atoms with Crippen molar-refractivity contribution < 1.29 is 0 Å². The number of nitriles is 1. The fourth-order valence-corrected chi connectivity index (χ4v) is 0.864. The Morgan fingerprint density at radius 3 is 2.11 bits per heavy atom. The summed E-state index contributed by atoms with van der Waals surface area (Å²) in [4.78, 5) is 0. The Morgan fingerprint density at radius 1 is 1.44 bits per heavy atom. The first kappa shape index (κ1) is 8.49. The third kappa shape index (κ3) is 2.51. The van der Waals surface area contributed by atoms with Gasteiger partial charge >= 0.3 is 0 Å². The van der Waals surface area contributed by atoms with Crippen LogP contribution in [-0.4, -0.2) is 0 Å². The summed E-state index contributed by atoms with van der Waals surface area (Å²) in [6, 6.07) is 2.33. The van der Waals surface area contributed by atoms with E-state index >= 15 is 0 Å². The molecule has 0 bridgehead atoms. The average Bonchev–Trinajstić information content (AvgIpc) is 1.89. The van der Waals surface area contributed by atoms with E-state index in [1.54, 1.807) is 0 Å². The SMILES string of the molecule is CCCC(C)(C#N)CC. The molecule has 0 saturated carbocycles. The molecule has 0 saturated heterocycles. The molecular weight excluding hydrogens is 110 g/mol. The molecule has 0 heterocycles. The highest BCUT2D eigenvalue weighted by molar-refractivity contribution is 4.93. The van der Waals surface area contributed by atoms with Crippen molar-refractivity contribution in [1.29, 1.82) is 5.26 Å². The fraction of sp³-hybridized carbons (Fsp3) is 0.875. The van der Waals surface area contributed by atoms with Gasteiger partial charge in [-0.2, -0.15) is 5.26 Å². The first-order chi connectivity index (χ1) is 4.18. The maximum Gasteiger partial charge on any atom is 0.0686 e. The normalized spacial score (nSPS) is 16.2. The molecule has 0 aliphatic carbocycles. The Kier molecular flexibility index (Phi) is 3.30. The minimum atomic E-state index is -0.0608. The van der Waals surface area contributed by atoms with Crippen LogP contribution < -0.4 is 0 Å². The van der Waals surface area contributed by atoms with Crippen LogP contribution in [0.2, 0.25) is 0 Å². The Labute approximate surface area is 57.7 Å². The van der Waals surface area contributed by atoms with Crippen molar-refractivity contribution in [2.75, 3.05) is 0 Å². The minimum Gasteiger partial charge on any atom is -0.198 e. The smallest absolute Gasteiger partial charge is 0.0686 e. The molecule has 0 aromatic rings. The van der Waals surface area contributed by atoms with E-state index in [9.17, 15) is 0 Å². The van der Waals surface area contributed by atoms with E-state index in [0.29, 0.717) is 0 Å². The van der Waals surface area contributed by atoms with Crippen molar-refractivity contribution in [2.45, 2.75) is 40.0 Å². The molecule has 9 heavy (non-hydrogen) atoms. The standard InChI is InChI=1S/C8H15N/c1-4-6-8(3,5-2)7-9/h4-6H2,1-3H3. The van der Waals surface area contributed by atoms with Gasteiger partial charge in [-0.05, 0) is 19.8 Å². The molecule has 1 unspecified atom stereocenters. The van der Waals surface area contributed by atoms with Gasteiger partial charge in [-0.25, -0.2) is 0 Å². The Balaban J connectivity index is 3.81. The first-order valence-electron chi connectivity index (χ1n) is 3.59. The van der Waals surface area contributed by atoms with Crippen LogP contribution in [0.5, 0.6) is 0 Å². The molecular formula is C8H15N. The quantitative estimate of drug-likeness (QED) is 0.569. The zero-order chi connectivity index (χ0) is 7.33. The Bertz CT molecular complexity index is 112. The van der Waals surface area contributed by atoms with Crippen molar-refractivity contribution >= 4 is 0 Å². The lowest BCUT2D eigenvalue weighted by Gasteiger charge is -2.16. The van der Waals surface area contributed by atoms with Gasteiger partial charge in [-0.1, -0.05) is 20.3 Å². The van der Waals surface area contributed by atoms with Crippen molar-refractivity contribution in [3.05, 3.63) is 0 Å². The van der Waals surface area contributed by atoms with Crippen molar-refractivity contribution in [3.63, 3.8) is 0 Å². The van der Waals surface area contributed by atoms with Crippen molar-refractivity contribution in [2.24, 2.45) is 5.41 Å². The molecule has 0 aromatic heterocycles. The van der Waals surface area contributed by atoms with Crippen LogP contribution in [0.1, 0.15) is 40.0 Å². The van der Waals surface area contributed by atoms with Crippen LogP contribution in [-0.2, 0) is 0 Å². The second-order valence-corrected chi connectivity index (χ2v) is 2.78. The predicted octanol–water partition coefficient (Wildman–Crippen LogP) is 2.73. The van der Waals surface area contributed by atoms with Gasteiger partial charge in [0.1, 0.15) is 0 Å². The molecule has 0 aromatic carbocycles. The molecule has 52 valence electrons. The maximum atomic E-state index is 8.67. The van der Waals surface area contributed by atoms with Gasteiger partial charge in [-0.3, -0.25) is 0 Å². The molecule has 1 nitrogen and oxygen atoms in total. The topological polar surface area (TPSA) is 23.8 Å². The average molecular weight is 125 g/mol. The Hall–Kier alpha value is -0.510. The highest BCUT2D eigenvalue weighted by Crippen LogP contribution is 2.25. The molecule has 0 fully saturated rings. The summed E-state index contributed by atoms with van der Waals surface area (Å²) in [5.74, 6) is 0. The summed E-state index contributed by atoms with van der Waals surface area (Å²) >= 11 is 0. The predicted molar refractivity (Wildman–Crippen MR) is 38.9 cm³/mol. The largest absolute Gasteiger partial charge is 0.198 e. The van der Waals surface area contributed by atoms with Crippen LogP contribution in [0.4, 0.5) is 0 Å². The molecule has 0 amide bonds. The minimum absolute atomic E-state index is 0.0608. The van der Waals surface area contributed by atoms with Gasteiger partial charge in [0.2, 0.25) is 0 Å². The highest BCUT2D eigenvalue weighted by Gasteiger charge is 2.18. The molecule has 0 spiro atoms. The molecule has 0 rings (SSSR count). The van der Waals surface area contributed by atoms with Crippen LogP contribution in [0.3, 0.4) is 0 Å². The molecule has 0 aliphatic rings. The van der Waals surface area contributed by atoms with E-state index in [2.05, 4.69) is 19.9 Å². The van der Waals surface area contributed by atoms with Gasteiger partial charge < -0.3 is 0 Å². The Morgan fingerprint density at radius 2 is 2.00 bits per heavy atom. The third-order valence-electron chi connectivity index (χ3n) is 1.85. The van der Waals surface area contributed by atoms with Gasteiger partial charge in [0.05, 0.1) is 11.5 Å². The molecule has 0 radical (unpaired) electrons. The van der Waals surface area contributed by atoms with Gasteiger partial charge in [-0.15, -0.1) is 0 Å². The summed E-state index contributed by atoms with van der Waals surface area (Å²) in [6.07, 6.45) is 3.11. The van der Waals surface area contributed by atoms with E-state index in [4.69, 9.17) is 5.26 Å². The van der Waals surface area contributed by atoms with Crippen LogP contribution in [0.15, 0.2) is 0 Å². The molecule has 0 aliphatic heterocycles. The summed E-state index contributed by atoms with van der Waals surface area (Å²) in [5, 5.41) is 8.67. The van der Waals surface area contributed by atoms with E-state index in [0.717, 1.165) is 19.3 Å². The lowest BCUT2D eigenvalue weighted by atomic mass is 9.85. The van der Waals surface area contributed by atoms with Crippen LogP contribution in [0.25, 0.3) is 0 Å². The second-order valence-electron chi connectivity index (χ2n) is 2.78. The number of hydrogen-bond donors (Lipinski definition) is 0. The maximum absolute atomic E-state index is 8.67. The second kappa shape index (κ2) is 3.50. The van der Waals surface area contributed by atoms with Gasteiger partial charge in [0, 0.05) is 0 Å². The van der Waals surface area contributed by atoms with Gasteiger partial charge in [0.15, 0.2) is 0 Å². The highest BCUT2D eigenvalue weighted by atomic mass is 14.3. The summed E-state index contributed by atoms with van der Waals surface area (Å²) in [5.41, 5.74) is -0.0608. The zero-order valence-corrected chi connectivity index (χ0v) is 6.57. The lowest BCUT2D eigenvalue weighted by molar-refractivity contribution is 0.386. The zero-order valence-electron chi connectivity index (χ0n) is 6.57. The van der Waals surface area contributed by atoms with E-state index in [-0.39, 0.29) is 5.41 Å². The van der Waals surface area contributed by atoms with Crippen LogP contribution in [0, 0.1) is 16.7 Å². The van der Waals surface area contributed by atoms with E-state index < -0.39 is 0 Å². The summed E-state index contributed by atoms with van der Waals surface area (Å²) in [6.45, 7) is 6.21. The molecule has 1 atom stereocenters. The number of rotatable bonds is 3. The monoisotopic (exact) mass is 125 g/mol. The summed E-state index contributed by atoms with van der Waals surface area (Å²) in [7, 11) is 0. The van der Waals surface area contributed by atoms with Crippen molar-refractivity contribution in [1.82, 2.24) is 0 Å². The first-order valence-corrected chi connectivity index (χ1v) is 3.59. The lowest BCUT2D eigenvalue weighted by Crippen LogP contribution is -2.10.